The molecular formula is C34H52N2O29. The molecular weight excluding hydrogens is 900 g/mol. The van der Waals surface area contributed by atoms with Crippen LogP contribution in [-0.4, -0.2) is 273 Å². The van der Waals surface area contributed by atoms with Gasteiger partial charge in [-0.25, -0.2) is 14.4 Å². The molecule has 5 rings (SSSR count). The second-order valence-corrected chi connectivity index (χ2v) is 15.5. The number of hydrogen-bond acceptors (Lipinski definition) is 26. The molecule has 2 amide bonds. The molecule has 5 fully saturated rings. The SMILES string of the molecule is CC(=O)N[C@H]1[C@H](O[C@H]2[C@H](O)[C@@H](O)[C@H](O[C@H]3[C@H](O)[C@@H](CO)O[C@@H](O[C@H]4[C@H](O)[C@@H](O)C(O)O[C@@H]4C(=O)O)[C@@H]3NC(C)=O)O[C@@H]2C(=O)O)O[C@H](CO)[C@@H](O)[C@@H]1O[C@@H]1O[C@H](C(=O)O)[C@@H](O)[C@H](O)[C@H]1O. The fourth-order valence-electron chi connectivity index (χ4n) is 7.75. The van der Waals surface area contributed by atoms with Gasteiger partial charge >= 0.3 is 17.9 Å². The van der Waals surface area contributed by atoms with Gasteiger partial charge in [0.1, 0.15) is 104 Å². The molecule has 0 aliphatic carbocycles. The Hall–Kier alpha value is -3.49. The third-order valence-corrected chi connectivity index (χ3v) is 11.0. The largest absolute Gasteiger partial charge is 0.479 e. The average molecular weight is 953 g/mol. The minimum absolute atomic E-state index is 0.925. The van der Waals surface area contributed by atoms with Gasteiger partial charge in [0.25, 0.3) is 0 Å². The quantitative estimate of drug-likeness (QED) is 0.0725. The Morgan fingerprint density at radius 2 is 0.769 bits per heavy atom. The van der Waals surface area contributed by atoms with Gasteiger partial charge in [-0.3, -0.25) is 9.59 Å². The molecule has 0 aromatic rings. The van der Waals surface area contributed by atoms with Crippen LogP contribution < -0.4 is 10.6 Å². The molecule has 0 bridgehead atoms. The fourth-order valence-corrected chi connectivity index (χ4v) is 7.75. The van der Waals surface area contributed by atoms with Crippen molar-refractivity contribution in [1.29, 1.82) is 0 Å². The van der Waals surface area contributed by atoms with E-state index in [9.17, 15) is 101 Å². The van der Waals surface area contributed by atoms with Crippen molar-refractivity contribution in [3.05, 3.63) is 0 Å². The number of aliphatic carboxylic acids is 3. The number of carboxylic acid groups (broad SMARTS) is 3. The van der Waals surface area contributed by atoms with E-state index in [1.807, 2.05) is 0 Å². The lowest BCUT2D eigenvalue weighted by Crippen LogP contribution is -2.71. The Morgan fingerprint density at radius 1 is 0.415 bits per heavy atom. The fraction of sp³-hybridized carbons (Fsp3) is 0.853. The number of amides is 2. The number of aliphatic hydroxyl groups excluding tert-OH is 12. The number of carbonyl (C=O) groups excluding carboxylic acids is 2. The van der Waals surface area contributed by atoms with Crippen molar-refractivity contribution in [2.45, 2.75) is 167 Å². The summed E-state index contributed by atoms with van der Waals surface area (Å²) in [5, 5.41) is 161. The zero-order valence-electron chi connectivity index (χ0n) is 33.8. The number of nitrogens with one attached hydrogen (secondary N) is 2. The molecule has 31 heteroatoms. The van der Waals surface area contributed by atoms with Crippen LogP contribution in [0.5, 0.6) is 0 Å². The predicted octanol–water partition coefficient (Wildman–Crippen LogP) is -11.4. The molecule has 372 valence electrons. The van der Waals surface area contributed by atoms with Gasteiger partial charge < -0.3 is 130 Å². The van der Waals surface area contributed by atoms with E-state index in [4.69, 9.17) is 42.6 Å². The maximum Gasteiger partial charge on any atom is 0.335 e. The van der Waals surface area contributed by atoms with Crippen molar-refractivity contribution in [3.63, 3.8) is 0 Å². The second-order valence-electron chi connectivity index (χ2n) is 15.5. The molecule has 25 atom stereocenters. The third kappa shape index (κ3) is 11.1. The summed E-state index contributed by atoms with van der Waals surface area (Å²) >= 11 is 0. The first-order valence-electron chi connectivity index (χ1n) is 19.6. The first-order valence-corrected chi connectivity index (χ1v) is 19.6. The molecule has 5 aliphatic rings. The van der Waals surface area contributed by atoms with Gasteiger partial charge in [0.15, 0.2) is 49.8 Å². The third-order valence-electron chi connectivity index (χ3n) is 11.0. The average Bonchev–Trinajstić information content (AvgIpc) is 3.23. The van der Waals surface area contributed by atoms with Gasteiger partial charge in [-0.2, -0.15) is 0 Å². The molecule has 17 N–H and O–H groups in total. The highest BCUT2D eigenvalue weighted by atomic mass is 16.8. The normalized spacial score (nSPS) is 47.0. The zero-order valence-corrected chi connectivity index (χ0v) is 33.8. The Labute approximate surface area is 364 Å². The summed E-state index contributed by atoms with van der Waals surface area (Å²) in [5.74, 6) is -7.49. The van der Waals surface area contributed by atoms with E-state index < -0.39 is 196 Å². The lowest BCUT2D eigenvalue weighted by Gasteiger charge is -2.50. The lowest BCUT2D eigenvalue weighted by molar-refractivity contribution is -0.374. The van der Waals surface area contributed by atoms with Crippen LogP contribution in [0.2, 0.25) is 0 Å². The van der Waals surface area contributed by atoms with Crippen molar-refractivity contribution >= 4 is 29.7 Å². The first kappa shape index (κ1) is 52.5. The van der Waals surface area contributed by atoms with E-state index in [0.29, 0.717) is 0 Å². The Bertz CT molecular complexity index is 1680. The summed E-state index contributed by atoms with van der Waals surface area (Å²) < 4.78 is 49.3. The van der Waals surface area contributed by atoms with Crippen molar-refractivity contribution in [3.8, 4) is 0 Å². The summed E-state index contributed by atoms with van der Waals surface area (Å²) in [4.78, 5) is 61.3. The number of carbonyl (C=O) groups is 5. The van der Waals surface area contributed by atoms with E-state index in [1.165, 1.54) is 0 Å². The summed E-state index contributed by atoms with van der Waals surface area (Å²) in [7, 11) is 0. The van der Waals surface area contributed by atoms with Gasteiger partial charge in [-0.15, -0.1) is 0 Å². The zero-order chi connectivity index (χ0) is 48.5. The van der Waals surface area contributed by atoms with Crippen LogP contribution in [0, 0.1) is 0 Å². The van der Waals surface area contributed by atoms with Gasteiger partial charge in [-0.05, 0) is 0 Å². The van der Waals surface area contributed by atoms with E-state index >= 15 is 0 Å². The highest BCUT2D eigenvalue weighted by Crippen LogP contribution is 2.36. The number of carboxylic acids is 3. The molecule has 31 nitrogen and oxygen atoms in total. The van der Waals surface area contributed by atoms with Gasteiger partial charge in [0.05, 0.1) is 13.2 Å². The molecule has 1 unspecified atom stereocenters. The molecule has 65 heavy (non-hydrogen) atoms. The van der Waals surface area contributed by atoms with Gasteiger partial charge in [0.2, 0.25) is 11.8 Å². The van der Waals surface area contributed by atoms with Gasteiger partial charge in [0, 0.05) is 13.8 Å². The highest BCUT2D eigenvalue weighted by molar-refractivity contribution is 5.75. The minimum atomic E-state index is -2.46. The predicted molar refractivity (Wildman–Crippen MR) is 191 cm³/mol. The standard InChI is InChI=1S/C34H52N2O29/c1-5(39)35-9-20(60-33-18(48)13(43)14(44)24(64-33)27(50)51)11(41)7(3-37)58-32(9)63-23-16(46)19(49)34(65-26(23)29(54)55)61-21-10(36-6(2)40)31(57-8(4-38)12(21)42)62-22-15(45)17(47)30(56)59-25(22)28(52)53/h7-26,30-34,37-38,41-49,56H,3-4H2,1-2H3,(H,35,39)(H,36,40)(H,50,51)(H,52,53)(H,54,55)/t7-,8-,9-,10-,11-,12-,13+,14+,15-,16-,17-,18-,19-,20-,21-,22+,23+,24+,25+,26+,30?,31+,32+,33-,34-/m1/s1. The molecule has 5 heterocycles. The monoisotopic (exact) mass is 952 g/mol. The van der Waals surface area contributed by atoms with Crippen LogP contribution in [-0.2, 0) is 66.6 Å². The van der Waals surface area contributed by atoms with E-state index in [1.54, 1.807) is 0 Å². The molecule has 0 saturated carbocycles. The maximum absolute atomic E-state index is 12.7. The molecule has 5 saturated heterocycles. The summed E-state index contributed by atoms with van der Waals surface area (Å²) in [6.45, 7) is -0.308. The minimum Gasteiger partial charge on any atom is -0.479 e. The maximum atomic E-state index is 12.7. The summed E-state index contributed by atoms with van der Waals surface area (Å²) in [5.41, 5.74) is 0. The van der Waals surface area contributed by atoms with Crippen LogP contribution in [0.1, 0.15) is 13.8 Å². The van der Waals surface area contributed by atoms with E-state index in [2.05, 4.69) is 10.6 Å². The first-order chi connectivity index (χ1) is 30.4. The van der Waals surface area contributed by atoms with Crippen LogP contribution in [0.4, 0.5) is 0 Å². The van der Waals surface area contributed by atoms with Crippen molar-refractivity contribution in [2.75, 3.05) is 13.2 Å². The second kappa shape index (κ2) is 21.6. The number of ether oxygens (including phenoxy) is 9. The number of hydrogen-bond donors (Lipinski definition) is 17. The molecule has 0 radical (unpaired) electrons. The van der Waals surface area contributed by atoms with Crippen LogP contribution >= 0.6 is 0 Å². The lowest BCUT2D eigenvalue weighted by atomic mass is 9.93. The smallest absolute Gasteiger partial charge is 0.335 e. The molecule has 0 aromatic carbocycles. The Morgan fingerprint density at radius 3 is 1.15 bits per heavy atom. The molecule has 0 aromatic heterocycles. The topological polar surface area (TPSA) is 496 Å². The number of rotatable bonds is 15. The van der Waals surface area contributed by atoms with Crippen molar-refractivity contribution in [1.82, 2.24) is 10.6 Å². The van der Waals surface area contributed by atoms with E-state index in [0.717, 1.165) is 13.8 Å². The Kier molecular flexibility index (Phi) is 17.5. The van der Waals surface area contributed by atoms with Crippen molar-refractivity contribution in [2.24, 2.45) is 0 Å². The van der Waals surface area contributed by atoms with Crippen LogP contribution in [0.15, 0.2) is 0 Å². The van der Waals surface area contributed by atoms with Crippen LogP contribution in [0.3, 0.4) is 0 Å². The van der Waals surface area contributed by atoms with E-state index in [-0.39, 0.29) is 0 Å². The Balaban J connectivity index is 1.42. The molecule has 0 spiro atoms. The summed E-state index contributed by atoms with van der Waals surface area (Å²) in [6.07, 6.45) is -49.9. The van der Waals surface area contributed by atoms with Crippen LogP contribution in [0.25, 0.3) is 0 Å². The van der Waals surface area contributed by atoms with Crippen molar-refractivity contribution < 1.29 is 143 Å². The summed E-state index contributed by atoms with van der Waals surface area (Å²) in [6, 6.07) is -3.77. The molecule has 5 aliphatic heterocycles. The van der Waals surface area contributed by atoms with Gasteiger partial charge in [-0.1, -0.05) is 0 Å². The number of aliphatic hydroxyl groups is 12. The highest BCUT2D eigenvalue weighted by Gasteiger charge is 2.59.